The van der Waals surface area contributed by atoms with Gasteiger partial charge in [-0.15, -0.1) is 0 Å². The molecule has 0 atom stereocenters. The van der Waals surface area contributed by atoms with E-state index in [1.807, 2.05) is 0 Å². The number of carbonyl (C=O) groups is 2. The summed E-state index contributed by atoms with van der Waals surface area (Å²) in [6, 6.07) is 10.8. The third kappa shape index (κ3) is 4.42. The van der Waals surface area contributed by atoms with Crippen LogP contribution in [0.25, 0.3) is 0 Å². The lowest BCUT2D eigenvalue weighted by Gasteiger charge is -2.34. The Morgan fingerprint density at radius 1 is 0.875 bits per heavy atom. The fraction of sp³-hybridized carbons (Fsp3) is 0.364. The van der Waals surface area contributed by atoms with Gasteiger partial charge in [0.15, 0.2) is 11.5 Å². The van der Waals surface area contributed by atoms with Gasteiger partial charge in [-0.3, -0.25) is 4.79 Å². The van der Waals surface area contributed by atoms with Crippen LogP contribution in [0.5, 0.6) is 11.5 Å². The van der Waals surface area contributed by atoms with E-state index in [4.69, 9.17) is 9.47 Å². The molecule has 0 N–H and O–H groups in total. The summed E-state index contributed by atoms with van der Waals surface area (Å²) in [5.41, 5.74) is 0.784. The third-order valence-corrected chi connectivity index (χ3v) is 7.33. The summed E-state index contributed by atoms with van der Waals surface area (Å²) in [4.78, 5) is 26.1. The van der Waals surface area contributed by atoms with Crippen LogP contribution in [-0.2, 0) is 14.8 Å². The fourth-order valence-electron chi connectivity index (χ4n) is 3.63. The molecule has 0 unspecified atom stereocenters. The minimum Gasteiger partial charge on any atom is -0.490 e. The van der Waals surface area contributed by atoms with E-state index in [0.29, 0.717) is 35.8 Å². The molecule has 2 heterocycles. The first-order valence-corrected chi connectivity index (χ1v) is 11.7. The molecule has 2 aromatic rings. The van der Waals surface area contributed by atoms with Gasteiger partial charge in [0, 0.05) is 44.2 Å². The first kappa shape index (κ1) is 22.1. The topological polar surface area (TPSA) is 102 Å². The standard InChI is InChI=1S/C22H24N2O7S/c1-29-22(26)17-5-3-16(4-6-17)21(25)23-9-11-24(12-10-23)32(27,28)18-7-8-19-20(15-18)31-14-2-13-30-19/h3-8,15H,2,9-14H2,1H3. The van der Waals surface area contributed by atoms with Crippen molar-refractivity contribution < 1.29 is 32.2 Å². The first-order valence-electron chi connectivity index (χ1n) is 10.3. The Hall–Kier alpha value is -3.11. The van der Waals surface area contributed by atoms with Gasteiger partial charge in [-0.25, -0.2) is 13.2 Å². The monoisotopic (exact) mass is 460 g/mol. The first-order chi connectivity index (χ1) is 15.4. The number of amides is 1. The minimum atomic E-state index is -3.73. The lowest BCUT2D eigenvalue weighted by Crippen LogP contribution is -2.50. The number of hydrogen-bond donors (Lipinski definition) is 0. The van der Waals surface area contributed by atoms with E-state index in [-0.39, 0.29) is 37.0 Å². The maximum Gasteiger partial charge on any atom is 0.337 e. The molecule has 9 nitrogen and oxygen atoms in total. The molecule has 170 valence electrons. The predicted molar refractivity (Wildman–Crippen MR) is 114 cm³/mol. The van der Waals surface area contributed by atoms with Crippen molar-refractivity contribution in [3.63, 3.8) is 0 Å². The van der Waals surface area contributed by atoms with Crippen LogP contribution in [0.4, 0.5) is 0 Å². The van der Waals surface area contributed by atoms with Crippen LogP contribution < -0.4 is 9.47 Å². The Bertz CT molecular complexity index is 1110. The number of carbonyl (C=O) groups excluding carboxylic acids is 2. The molecule has 0 aliphatic carbocycles. The number of methoxy groups -OCH3 is 1. The van der Waals surface area contributed by atoms with Crippen LogP contribution in [0.3, 0.4) is 0 Å². The highest BCUT2D eigenvalue weighted by atomic mass is 32.2. The van der Waals surface area contributed by atoms with Crippen molar-refractivity contribution in [1.82, 2.24) is 9.21 Å². The zero-order chi connectivity index (χ0) is 22.7. The number of hydrogen-bond acceptors (Lipinski definition) is 7. The van der Waals surface area contributed by atoms with Crippen molar-refractivity contribution >= 4 is 21.9 Å². The third-order valence-electron chi connectivity index (χ3n) is 5.44. The molecule has 2 aliphatic heterocycles. The van der Waals surface area contributed by atoms with Crippen LogP contribution in [0.2, 0.25) is 0 Å². The van der Waals surface area contributed by atoms with E-state index < -0.39 is 16.0 Å². The summed E-state index contributed by atoms with van der Waals surface area (Å²) in [6.45, 7) is 1.90. The molecule has 10 heteroatoms. The Balaban J connectivity index is 1.42. The van der Waals surface area contributed by atoms with Crippen molar-refractivity contribution in [1.29, 1.82) is 0 Å². The van der Waals surface area contributed by atoms with Gasteiger partial charge in [0.25, 0.3) is 5.91 Å². The summed E-state index contributed by atoms with van der Waals surface area (Å²) in [5.74, 6) is 0.273. The Kier molecular flexibility index (Phi) is 6.33. The maximum atomic E-state index is 13.1. The van der Waals surface area contributed by atoms with Crippen molar-refractivity contribution in [2.75, 3.05) is 46.5 Å². The van der Waals surface area contributed by atoms with Gasteiger partial charge >= 0.3 is 5.97 Å². The largest absolute Gasteiger partial charge is 0.490 e. The van der Waals surface area contributed by atoms with Gasteiger partial charge in [0.2, 0.25) is 10.0 Å². The molecule has 1 amide bonds. The van der Waals surface area contributed by atoms with Gasteiger partial charge in [-0.05, 0) is 36.4 Å². The molecule has 0 saturated carbocycles. The molecule has 0 aromatic heterocycles. The van der Waals surface area contributed by atoms with Gasteiger partial charge < -0.3 is 19.1 Å². The number of nitrogens with zero attached hydrogens (tertiary/aromatic N) is 2. The smallest absolute Gasteiger partial charge is 0.337 e. The lowest BCUT2D eigenvalue weighted by atomic mass is 10.1. The van der Waals surface area contributed by atoms with Gasteiger partial charge in [0.1, 0.15) is 0 Å². The number of benzene rings is 2. The Morgan fingerprint density at radius 3 is 2.16 bits per heavy atom. The molecular formula is C22H24N2O7S. The zero-order valence-corrected chi connectivity index (χ0v) is 18.5. The second-order valence-electron chi connectivity index (χ2n) is 7.42. The minimum absolute atomic E-state index is 0.139. The molecule has 2 aromatic carbocycles. The Morgan fingerprint density at radius 2 is 1.50 bits per heavy atom. The summed E-state index contributed by atoms with van der Waals surface area (Å²) >= 11 is 0. The summed E-state index contributed by atoms with van der Waals surface area (Å²) in [7, 11) is -2.44. The van der Waals surface area contributed by atoms with Crippen LogP contribution in [0.1, 0.15) is 27.1 Å². The second kappa shape index (κ2) is 9.17. The summed E-state index contributed by atoms with van der Waals surface area (Å²) in [6.07, 6.45) is 0.734. The van der Waals surface area contributed by atoms with Crippen molar-refractivity contribution in [2.24, 2.45) is 0 Å². The molecule has 1 saturated heterocycles. The number of ether oxygens (including phenoxy) is 3. The fourth-order valence-corrected chi connectivity index (χ4v) is 5.07. The number of esters is 1. The molecule has 1 fully saturated rings. The summed E-state index contributed by atoms with van der Waals surface area (Å²) < 4.78 is 43.4. The predicted octanol–water partition coefficient (Wildman–Crippen LogP) is 1.78. The lowest BCUT2D eigenvalue weighted by molar-refractivity contribution is 0.0599. The molecule has 0 radical (unpaired) electrons. The van der Waals surface area contributed by atoms with E-state index in [1.165, 1.54) is 35.7 Å². The van der Waals surface area contributed by atoms with Crippen molar-refractivity contribution in [2.45, 2.75) is 11.3 Å². The maximum absolute atomic E-state index is 13.1. The normalized spacial score (nSPS) is 16.8. The quantitative estimate of drug-likeness (QED) is 0.641. The zero-order valence-electron chi connectivity index (χ0n) is 17.7. The molecule has 32 heavy (non-hydrogen) atoms. The Labute approximate surface area is 186 Å². The van der Waals surface area contributed by atoms with Crippen LogP contribution in [0.15, 0.2) is 47.4 Å². The van der Waals surface area contributed by atoms with Crippen molar-refractivity contribution in [3.05, 3.63) is 53.6 Å². The van der Waals surface area contributed by atoms with Gasteiger partial charge in [-0.2, -0.15) is 4.31 Å². The SMILES string of the molecule is COC(=O)c1ccc(C(=O)N2CCN(S(=O)(=O)c3ccc4c(c3)OCCCO4)CC2)cc1. The van der Waals surface area contributed by atoms with E-state index in [2.05, 4.69) is 4.74 Å². The van der Waals surface area contributed by atoms with Crippen LogP contribution in [-0.4, -0.2) is 76.0 Å². The van der Waals surface area contributed by atoms with Crippen molar-refractivity contribution in [3.8, 4) is 11.5 Å². The molecule has 0 spiro atoms. The molecule has 2 aliphatic rings. The molecule has 0 bridgehead atoms. The number of sulfonamides is 1. The van der Waals surface area contributed by atoms with E-state index in [0.717, 1.165) is 6.42 Å². The number of rotatable bonds is 4. The highest BCUT2D eigenvalue weighted by Gasteiger charge is 2.31. The van der Waals surface area contributed by atoms with E-state index in [1.54, 1.807) is 23.1 Å². The van der Waals surface area contributed by atoms with E-state index >= 15 is 0 Å². The molecule has 4 rings (SSSR count). The van der Waals surface area contributed by atoms with Gasteiger partial charge in [-0.1, -0.05) is 0 Å². The van der Waals surface area contributed by atoms with Gasteiger partial charge in [0.05, 0.1) is 30.8 Å². The number of fused-ring (bicyclic) bond motifs is 1. The van der Waals surface area contributed by atoms with Crippen LogP contribution >= 0.6 is 0 Å². The number of piperazine rings is 1. The summed E-state index contributed by atoms with van der Waals surface area (Å²) in [5, 5.41) is 0. The highest BCUT2D eigenvalue weighted by Crippen LogP contribution is 2.33. The molecular weight excluding hydrogens is 436 g/mol. The van der Waals surface area contributed by atoms with Crippen LogP contribution in [0, 0.1) is 0 Å². The highest BCUT2D eigenvalue weighted by molar-refractivity contribution is 7.89. The average molecular weight is 461 g/mol. The second-order valence-corrected chi connectivity index (χ2v) is 9.36. The van der Waals surface area contributed by atoms with E-state index in [9.17, 15) is 18.0 Å². The average Bonchev–Trinajstić information content (AvgIpc) is 3.08.